The number of aromatic nitrogens is 1. The molecule has 0 aliphatic heterocycles. The van der Waals surface area contributed by atoms with E-state index >= 15 is 0 Å². The van der Waals surface area contributed by atoms with Crippen LogP contribution in [0.2, 0.25) is 0 Å². The van der Waals surface area contributed by atoms with Crippen molar-refractivity contribution in [3.05, 3.63) is 78.9 Å². The molecular weight excluding hydrogens is 251 g/mol. The Balaban J connectivity index is 1.99. The Labute approximate surface area is 116 Å². The second kappa shape index (κ2) is 5.53. The van der Waals surface area contributed by atoms with Crippen LogP contribution in [0.4, 0.5) is 15.8 Å². The van der Waals surface area contributed by atoms with Gasteiger partial charge in [0.2, 0.25) is 5.95 Å². The molecule has 0 fully saturated rings. The van der Waals surface area contributed by atoms with Gasteiger partial charge in [0.25, 0.3) is 0 Å². The number of nitrogens with one attached hydrogen (secondary N) is 1. The van der Waals surface area contributed by atoms with Crippen LogP contribution in [0.15, 0.2) is 72.9 Å². The summed E-state index contributed by atoms with van der Waals surface area (Å²) in [6.07, 6.45) is 1.45. The van der Waals surface area contributed by atoms with E-state index in [9.17, 15) is 4.39 Å². The number of pyridine rings is 1. The Kier molecular flexibility index (Phi) is 3.42. The van der Waals surface area contributed by atoms with E-state index in [4.69, 9.17) is 0 Å². The molecule has 3 aromatic rings. The Bertz CT molecular complexity index is 711. The fourth-order valence-electron chi connectivity index (χ4n) is 2.10. The van der Waals surface area contributed by atoms with Crippen molar-refractivity contribution < 1.29 is 4.39 Å². The average Bonchev–Trinajstić information content (AvgIpc) is 2.49. The van der Waals surface area contributed by atoms with Crippen molar-refractivity contribution in [1.29, 1.82) is 0 Å². The summed E-state index contributed by atoms with van der Waals surface area (Å²) in [6, 6.07) is 21.1. The Morgan fingerprint density at radius 2 is 1.60 bits per heavy atom. The molecule has 0 saturated carbocycles. The van der Waals surface area contributed by atoms with Crippen molar-refractivity contribution in [3.8, 4) is 11.1 Å². The van der Waals surface area contributed by atoms with Gasteiger partial charge in [0, 0.05) is 29.2 Å². The summed E-state index contributed by atoms with van der Waals surface area (Å²) >= 11 is 0. The summed E-state index contributed by atoms with van der Waals surface area (Å²) in [5, 5.41) is 3.23. The lowest BCUT2D eigenvalue weighted by atomic mass is 10.0. The zero-order valence-corrected chi connectivity index (χ0v) is 10.8. The lowest BCUT2D eigenvalue weighted by Crippen LogP contribution is -1.94. The summed E-state index contributed by atoms with van der Waals surface area (Å²) in [5.41, 5.74) is 3.81. The highest BCUT2D eigenvalue weighted by molar-refractivity contribution is 5.80. The third-order valence-corrected chi connectivity index (χ3v) is 3.02. The van der Waals surface area contributed by atoms with Gasteiger partial charge in [-0.05, 0) is 17.7 Å². The third kappa shape index (κ3) is 2.67. The highest BCUT2D eigenvalue weighted by Crippen LogP contribution is 2.29. The predicted molar refractivity (Wildman–Crippen MR) is 79.4 cm³/mol. The molecule has 3 rings (SSSR count). The smallest absolute Gasteiger partial charge is 0.214 e. The van der Waals surface area contributed by atoms with Gasteiger partial charge in [-0.1, -0.05) is 48.5 Å². The molecule has 0 radical (unpaired) electrons. The normalized spacial score (nSPS) is 10.2. The van der Waals surface area contributed by atoms with Crippen molar-refractivity contribution in [2.45, 2.75) is 0 Å². The first kappa shape index (κ1) is 12.4. The molecule has 0 saturated heterocycles. The maximum atomic E-state index is 13.1. The van der Waals surface area contributed by atoms with Gasteiger partial charge >= 0.3 is 0 Å². The first-order valence-electron chi connectivity index (χ1n) is 6.36. The van der Waals surface area contributed by atoms with Gasteiger partial charge in [-0.2, -0.15) is 4.39 Å². The number of halogens is 1. The number of rotatable bonds is 3. The molecule has 2 nitrogen and oxygen atoms in total. The Morgan fingerprint density at radius 1 is 0.850 bits per heavy atom. The molecule has 20 heavy (non-hydrogen) atoms. The minimum Gasteiger partial charge on any atom is -0.355 e. The van der Waals surface area contributed by atoms with E-state index in [0.29, 0.717) is 5.69 Å². The molecule has 0 spiro atoms. The lowest BCUT2D eigenvalue weighted by Gasteiger charge is -2.12. The van der Waals surface area contributed by atoms with E-state index in [0.717, 1.165) is 16.8 Å². The second-order valence-electron chi connectivity index (χ2n) is 4.40. The summed E-state index contributed by atoms with van der Waals surface area (Å²) in [7, 11) is 0. The fourth-order valence-corrected chi connectivity index (χ4v) is 2.10. The standard InChI is InChI=1S/C17H13FN2/c18-17-12-14(10-11-19-17)20-16-9-5-4-8-15(16)13-6-2-1-3-7-13/h1-12H,(H,19,20). The number of hydrogen-bond acceptors (Lipinski definition) is 2. The number of anilines is 2. The topological polar surface area (TPSA) is 24.9 Å². The minimum absolute atomic E-state index is 0.493. The van der Waals surface area contributed by atoms with Crippen LogP contribution in [0.3, 0.4) is 0 Å². The van der Waals surface area contributed by atoms with Gasteiger partial charge in [-0.3, -0.25) is 0 Å². The van der Waals surface area contributed by atoms with E-state index in [-0.39, 0.29) is 0 Å². The molecule has 3 heteroatoms. The van der Waals surface area contributed by atoms with Gasteiger partial charge in [0.15, 0.2) is 0 Å². The lowest BCUT2D eigenvalue weighted by molar-refractivity contribution is 0.584. The Hall–Kier alpha value is -2.68. The monoisotopic (exact) mass is 264 g/mol. The van der Waals surface area contributed by atoms with Crippen LogP contribution in [0.25, 0.3) is 11.1 Å². The second-order valence-corrected chi connectivity index (χ2v) is 4.40. The van der Waals surface area contributed by atoms with Crippen molar-refractivity contribution in [1.82, 2.24) is 4.98 Å². The molecule has 1 aromatic heterocycles. The van der Waals surface area contributed by atoms with Gasteiger partial charge in [-0.25, -0.2) is 4.98 Å². The molecule has 2 aromatic carbocycles. The zero-order chi connectivity index (χ0) is 13.8. The van der Waals surface area contributed by atoms with Crippen LogP contribution < -0.4 is 5.32 Å². The molecule has 0 unspecified atom stereocenters. The van der Waals surface area contributed by atoms with Crippen LogP contribution in [-0.4, -0.2) is 4.98 Å². The van der Waals surface area contributed by atoms with E-state index in [1.807, 2.05) is 54.6 Å². The predicted octanol–water partition coefficient (Wildman–Crippen LogP) is 4.63. The van der Waals surface area contributed by atoms with Crippen molar-refractivity contribution in [2.75, 3.05) is 5.32 Å². The van der Waals surface area contributed by atoms with E-state index in [1.165, 1.54) is 12.3 Å². The quantitative estimate of drug-likeness (QED) is 0.697. The number of hydrogen-bond donors (Lipinski definition) is 1. The average molecular weight is 264 g/mol. The van der Waals surface area contributed by atoms with Crippen LogP contribution >= 0.6 is 0 Å². The molecule has 1 N–H and O–H groups in total. The molecule has 0 aliphatic rings. The molecule has 1 heterocycles. The summed E-state index contributed by atoms with van der Waals surface area (Å²) < 4.78 is 13.1. The van der Waals surface area contributed by atoms with Crippen LogP contribution in [0, 0.1) is 5.95 Å². The minimum atomic E-state index is -0.493. The van der Waals surface area contributed by atoms with Crippen LogP contribution in [0.1, 0.15) is 0 Å². The largest absolute Gasteiger partial charge is 0.355 e. The highest BCUT2D eigenvalue weighted by Gasteiger charge is 2.04. The SMILES string of the molecule is Fc1cc(Nc2ccccc2-c2ccccc2)ccn1. The maximum Gasteiger partial charge on any atom is 0.214 e. The van der Waals surface area contributed by atoms with Crippen molar-refractivity contribution in [3.63, 3.8) is 0 Å². The summed E-state index contributed by atoms with van der Waals surface area (Å²) in [5.74, 6) is -0.493. The van der Waals surface area contributed by atoms with Crippen LogP contribution in [0.5, 0.6) is 0 Å². The number of nitrogens with zero attached hydrogens (tertiary/aromatic N) is 1. The highest BCUT2D eigenvalue weighted by atomic mass is 19.1. The molecule has 0 bridgehead atoms. The van der Waals surface area contributed by atoms with Gasteiger partial charge in [0.1, 0.15) is 0 Å². The summed E-state index contributed by atoms with van der Waals surface area (Å²) in [4.78, 5) is 3.56. The number of para-hydroxylation sites is 1. The Morgan fingerprint density at radius 3 is 2.40 bits per heavy atom. The molecule has 0 atom stereocenters. The third-order valence-electron chi connectivity index (χ3n) is 3.02. The fraction of sp³-hybridized carbons (Fsp3) is 0. The van der Waals surface area contributed by atoms with E-state index in [2.05, 4.69) is 10.3 Å². The zero-order valence-electron chi connectivity index (χ0n) is 10.8. The van der Waals surface area contributed by atoms with Crippen molar-refractivity contribution in [2.24, 2.45) is 0 Å². The van der Waals surface area contributed by atoms with Gasteiger partial charge < -0.3 is 5.32 Å². The summed E-state index contributed by atoms with van der Waals surface area (Å²) in [6.45, 7) is 0. The molecular formula is C17H13FN2. The van der Waals surface area contributed by atoms with Gasteiger partial charge in [-0.15, -0.1) is 0 Å². The van der Waals surface area contributed by atoms with E-state index < -0.39 is 5.95 Å². The number of benzene rings is 2. The first-order chi connectivity index (χ1) is 9.83. The van der Waals surface area contributed by atoms with Crippen molar-refractivity contribution >= 4 is 11.4 Å². The van der Waals surface area contributed by atoms with Crippen LogP contribution in [-0.2, 0) is 0 Å². The maximum absolute atomic E-state index is 13.1. The van der Waals surface area contributed by atoms with E-state index in [1.54, 1.807) is 6.07 Å². The molecule has 0 aliphatic carbocycles. The first-order valence-corrected chi connectivity index (χ1v) is 6.36. The van der Waals surface area contributed by atoms with Gasteiger partial charge in [0.05, 0.1) is 0 Å². The molecule has 0 amide bonds. The molecule has 98 valence electrons.